The summed E-state index contributed by atoms with van der Waals surface area (Å²) in [7, 11) is 3.22. The largest absolute Gasteiger partial charge is 0.481 e. The molecule has 0 unspecified atom stereocenters. The predicted octanol–water partition coefficient (Wildman–Crippen LogP) is -0.419. The van der Waals surface area contributed by atoms with E-state index in [1.807, 2.05) is 0 Å². The Kier molecular flexibility index (Phi) is 6.69. The van der Waals surface area contributed by atoms with Gasteiger partial charge in [-0.3, -0.25) is 9.59 Å². The van der Waals surface area contributed by atoms with Crippen LogP contribution in [0.4, 0.5) is 4.79 Å². The van der Waals surface area contributed by atoms with Crippen LogP contribution in [0.25, 0.3) is 0 Å². The van der Waals surface area contributed by atoms with Crippen molar-refractivity contribution in [3.8, 4) is 0 Å². The van der Waals surface area contributed by atoms with Crippen molar-refractivity contribution in [3.05, 3.63) is 0 Å². The molecular weight excluding hydrogens is 226 g/mol. The second kappa shape index (κ2) is 7.48. The van der Waals surface area contributed by atoms with Crippen molar-refractivity contribution >= 4 is 17.9 Å². The van der Waals surface area contributed by atoms with Gasteiger partial charge in [-0.15, -0.1) is 0 Å². The van der Waals surface area contributed by atoms with Crippen LogP contribution in [0.15, 0.2) is 0 Å². The average molecular weight is 245 g/mol. The minimum atomic E-state index is -0.974. The standard InChI is InChI=1S/C10H19N3O4/c1-4-13(7-8(14)12(2)3)10(17)11-6-5-9(15)16/h4-7H2,1-3H3,(H,11,17)(H,15,16). The second-order valence-electron chi connectivity index (χ2n) is 3.68. The first-order valence-corrected chi connectivity index (χ1v) is 5.33. The minimum Gasteiger partial charge on any atom is -0.481 e. The fourth-order valence-corrected chi connectivity index (χ4v) is 1.02. The van der Waals surface area contributed by atoms with Gasteiger partial charge < -0.3 is 20.2 Å². The quantitative estimate of drug-likeness (QED) is 0.665. The van der Waals surface area contributed by atoms with Gasteiger partial charge in [-0.1, -0.05) is 0 Å². The lowest BCUT2D eigenvalue weighted by Crippen LogP contribution is -2.45. The monoisotopic (exact) mass is 245 g/mol. The molecule has 0 radical (unpaired) electrons. The molecule has 0 aliphatic carbocycles. The highest BCUT2D eigenvalue weighted by atomic mass is 16.4. The van der Waals surface area contributed by atoms with Gasteiger partial charge in [0.05, 0.1) is 6.42 Å². The number of amides is 3. The topological polar surface area (TPSA) is 90.0 Å². The Morgan fingerprint density at radius 2 is 1.82 bits per heavy atom. The maximum atomic E-state index is 11.6. The fourth-order valence-electron chi connectivity index (χ4n) is 1.02. The summed E-state index contributed by atoms with van der Waals surface area (Å²) >= 11 is 0. The van der Waals surface area contributed by atoms with Gasteiger partial charge in [0, 0.05) is 27.2 Å². The molecule has 0 rings (SSSR count). The number of nitrogens with zero attached hydrogens (tertiary/aromatic N) is 2. The van der Waals surface area contributed by atoms with Crippen molar-refractivity contribution in [2.24, 2.45) is 0 Å². The summed E-state index contributed by atoms with van der Waals surface area (Å²) in [5.74, 6) is -1.15. The van der Waals surface area contributed by atoms with Crippen LogP contribution >= 0.6 is 0 Å². The number of likely N-dealkylation sites (N-methyl/N-ethyl adjacent to an activating group) is 2. The molecule has 0 aromatic carbocycles. The zero-order chi connectivity index (χ0) is 13.4. The molecule has 0 bridgehead atoms. The highest BCUT2D eigenvalue weighted by molar-refractivity contribution is 5.83. The number of aliphatic carboxylic acids is 1. The van der Waals surface area contributed by atoms with Gasteiger partial charge in [-0.2, -0.15) is 0 Å². The molecule has 7 nitrogen and oxygen atoms in total. The van der Waals surface area contributed by atoms with Gasteiger partial charge in [0.2, 0.25) is 5.91 Å². The lowest BCUT2D eigenvalue weighted by molar-refractivity contribution is -0.137. The van der Waals surface area contributed by atoms with Gasteiger partial charge in [-0.25, -0.2) is 4.79 Å². The van der Waals surface area contributed by atoms with Crippen LogP contribution in [-0.4, -0.2) is 66.5 Å². The van der Waals surface area contributed by atoms with E-state index in [1.54, 1.807) is 21.0 Å². The molecule has 17 heavy (non-hydrogen) atoms. The Balaban J connectivity index is 4.12. The molecule has 0 aromatic rings. The number of carboxylic acids is 1. The summed E-state index contributed by atoms with van der Waals surface area (Å²) in [6.45, 7) is 2.18. The molecule has 0 aliphatic rings. The van der Waals surface area contributed by atoms with Crippen LogP contribution in [0.5, 0.6) is 0 Å². The van der Waals surface area contributed by atoms with Gasteiger partial charge in [-0.05, 0) is 6.92 Å². The Morgan fingerprint density at radius 1 is 1.24 bits per heavy atom. The van der Waals surface area contributed by atoms with Crippen LogP contribution in [0.2, 0.25) is 0 Å². The fraction of sp³-hybridized carbons (Fsp3) is 0.700. The van der Waals surface area contributed by atoms with Gasteiger partial charge >= 0.3 is 12.0 Å². The average Bonchev–Trinajstić information content (AvgIpc) is 2.24. The first kappa shape index (κ1) is 15.2. The summed E-state index contributed by atoms with van der Waals surface area (Å²) in [4.78, 5) is 36.0. The first-order valence-electron chi connectivity index (χ1n) is 5.33. The van der Waals surface area contributed by atoms with Crippen LogP contribution < -0.4 is 5.32 Å². The number of carboxylic acid groups (broad SMARTS) is 1. The lowest BCUT2D eigenvalue weighted by Gasteiger charge is -2.22. The molecule has 0 heterocycles. The van der Waals surface area contributed by atoms with E-state index >= 15 is 0 Å². The zero-order valence-electron chi connectivity index (χ0n) is 10.4. The highest BCUT2D eigenvalue weighted by Crippen LogP contribution is 1.92. The van der Waals surface area contributed by atoms with E-state index in [2.05, 4.69) is 5.32 Å². The van der Waals surface area contributed by atoms with Crippen LogP contribution in [0.3, 0.4) is 0 Å². The summed E-state index contributed by atoms with van der Waals surface area (Å²) < 4.78 is 0. The van der Waals surface area contributed by atoms with Crippen LogP contribution in [0, 0.1) is 0 Å². The molecule has 0 spiro atoms. The van der Waals surface area contributed by atoms with Crippen molar-refractivity contribution in [2.75, 3.05) is 33.7 Å². The highest BCUT2D eigenvalue weighted by Gasteiger charge is 2.16. The van der Waals surface area contributed by atoms with Crippen LogP contribution in [-0.2, 0) is 9.59 Å². The maximum Gasteiger partial charge on any atom is 0.317 e. The number of nitrogens with one attached hydrogen (secondary N) is 1. The molecular formula is C10H19N3O4. The number of rotatable bonds is 6. The molecule has 3 amide bonds. The van der Waals surface area contributed by atoms with Crippen molar-refractivity contribution < 1.29 is 19.5 Å². The number of hydrogen-bond acceptors (Lipinski definition) is 3. The maximum absolute atomic E-state index is 11.6. The molecule has 0 aromatic heterocycles. The van der Waals surface area contributed by atoms with E-state index in [-0.39, 0.29) is 25.4 Å². The molecule has 0 fully saturated rings. The minimum absolute atomic E-state index is 0.0115. The third kappa shape index (κ3) is 6.39. The zero-order valence-corrected chi connectivity index (χ0v) is 10.4. The summed E-state index contributed by atoms with van der Waals surface area (Å²) in [6.07, 6.45) is -0.134. The van der Waals surface area contributed by atoms with E-state index in [0.29, 0.717) is 6.54 Å². The Labute approximate surface area is 100 Å². The van der Waals surface area contributed by atoms with Gasteiger partial charge in [0.25, 0.3) is 0 Å². The smallest absolute Gasteiger partial charge is 0.317 e. The van der Waals surface area contributed by atoms with E-state index in [0.717, 1.165) is 0 Å². The van der Waals surface area contributed by atoms with Crippen molar-refractivity contribution in [1.29, 1.82) is 0 Å². The molecule has 2 N–H and O–H groups in total. The van der Waals surface area contributed by atoms with Gasteiger partial charge in [0.1, 0.15) is 6.54 Å². The first-order chi connectivity index (χ1) is 7.88. The molecule has 0 saturated carbocycles. The second-order valence-corrected chi connectivity index (χ2v) is 3.68. The molecule has 7 heteroatoms. The molecule has 0 saturated heterocycles. The SMILES string of the molecule is CCN(CC(=O)N(C)C)C(=O)NCCC(=O)O. The normalized spacial score (nSPS) is 9.59. The number of carbonyl (C=O) groups is 3. The summed E-state index contributed by atoms with van der Waals surface area (Å²) in [5, 5.41) is 10.9. The number of urea groups is 1. The Hall–Kier alpha value is -1.79. The Bertz CT molecular complexity index is 291. The third-order valence-corrected chi connectivity index (χ3v) is 2.11. The molecule has 0 aliphatic heterocycles. The van der Waals surface area contributed by atoms with Crippen LogP contribution in [0.1, 0.15) is 13.3 Å². The van der Waals surface area contributed by atoms with E-state index in [1.165, 1.54) is 9.80 Å². The number of hydrogen-bond donors (Lipinski definition) is 2. The van der Waals surface area contributed by atoms with Crippen molar-refractivity contribution in [2.45, 2.75) is 13.3 Å². The lowest BCUT2D eigenvalue weighted by atomic mass is 10.4. The van der Waals surface area contributed by atoms with Gasteiger partial charge in [0.15, 0.2) is 0 Å². The third-order valence-electron chi connectivity index (χ3n) is 2.11. The molecule has 0 atom stereocenters. The Morgan fingerprint density at radius 3 is 2.24 bits per heavy atom. The number of carbonyl (C=O) groups excluding carboxylic acids is 2. The molecule has 98 valence electrons. The predicted molar refractivity (Wildman–Crippen MR) is 61.6 cm³/mol. The van der Waals surface area contributed by atoms with Crippen molar-refractivity contribution in [1.82, 2.24) is 15.1 Å². The summed E-state index contributed by atoms with van der Waals surface area (Å²) in [6, 6.07) is -0.427. The van der Waals surface area contributed by atoms with E-state index < -0.39 is 12.0 Å². The van der Waals surface area contributed by atoms with E-state index in [4.69, 9.17) is 5.11 Å². The van der Waals surface area contributed by atoms with E-state index in [9.17, 15) is 14.4 Å². The summed E-state index contributed by atoms with van der Waals surface area (Å²) in [5.41, 5.74) is 0. The van der Waals surface area contributed by atoms with Crippen molar-refractivity contribution in [3.63, 3.8) is 0 Å².